The number of hydrogen-bond donors (Lipinski definition) is 2. The molecule has 3 rings (SSSR count). The smallest absolute Gasteiger partial charge is 0.226 e. The molecule has 0 aliphatic carbocycles. The fourth-order valence-corrected chi connectivity index (χ4v) is 2.87. The highest BCUT2D eigenvalue weighted by Gasteiger charge is 2.14. The molecular formula is C20H22N4O2. The average Bonchev–Trinajstić information content (AvgIpc) is 2.69. The van der Waals surface area contributed by atoms with Crippen LogP contribution in [0.2, 0.25) is 0 Å². The molecule has 134 valence electrons. The second kappa shape index (κ2) is 8.88. The van der Waals surface area contributed by atoms with Gasteiger partial charge in [0.1, 0.15) is 0 Å². The van der Waals surface area contributed by atoms with Crippen LogP contribution in [-0.4, -0.2) is 38.8 Å². The molecule has 1 fully saturated rings. The number of hydrogen-bond acceptors (Lipinski definition) is 5. The highest BCUT2D eigenvalue weighted by atomic mass is 16.5. The first kappa shape index (κ1) is 17.8. The number of carbonyl (C=O) groups excluding carboxylic acids is 1. The molecule has 1 saturated heterocycles. The Labute approximate surface area is 153 Å². The summed E-state index contributed by atoms with van der Waals surface area (Å²) < 4.78 is 5.41. The summed E-state index contributed by atoms with van der Waals surface area (Å²) in [5, 5.41) is 15.0. The van der Waals surface area contributed by atoms with Crippen molar-refractivity contribution < 1.29 is 9.53 Å². The van der Waals surface area contributed by atoms with Gasteiger partial charge in [0.05, 0.1) is 36.2 Å². The fraction of sp³-hybridized carbons (Fsp3) is 0.300. The van der Waals surface area contributed by atoms with Gasteiger partial charge < -0.3 is 20.3 Å². The van der Waals surface area contributed by atoms with Gasteiger partial charge in [-0.2, -0.15) is 5.26 Å². The van der Waals surface area contributed by atoms with Gasteiger partial charge in [-0.3, -0.25) is 4.79 Å². The minimum atomic E-state index is -0.0638. The minimum Gasteiger partial charge on any atom is -0.383 e. The van der Waals surface area contributed by atoms with E-state index in [1.54, 1.807) is 24.3 Å². The highest BCUT2D eigenvalue weighted by molar-refractivity contribution is 5.91. The number of nitrogens with one attached hydrogen (secondary N) is 2. The van der Waals surface area contributed by atoms with Crippen molar-refractivity contribution in [3.8, 4) is 6.07 Å². The first-order valence-electron chi connectivity index (χ1n) is 8.72. The van der Waals surface area contributed by atoms with Crippen molar-refractivity contribution in [1.29, 1.82) is 5.26 Å². The van der Waals surface area contributed by atoms with Crippen molar-refractivity contribution in [2.24, 2.45) is 0 Å². The zero-order valence-corrected chi connectivity index (χ0v) is 14.6. The molecule has 2 aromatic carbocycles. The van der Waals surface area contributed by atoms with E-state index in [1.165, 1.54) is 0 Å². The van der Waals surface area contributed by atoms with E-state index in [0.29, 0.717) is 24.2 Å². The molecule has 1 aliphatic heterocycles. The van der Waals surface area contributed by atoms with E-state index in [0.717, 1.165) is 37.7 Å². The van der Waals surface area contributed by atoms with Crippen LogP contribution in [0.25, 0.3) is 0 Å². The molecule has 0 aromatic heterocycles. The monoisotopic (exact) mass is 350 g/mol. The molecule has 0 saturated carbocycles. The molecule has 1 aliphatic rings. The molecule has 1 heterocycles. The van der Waals surface area contributed by atoms with E-state index >= 15 is 0 Å². The molecule has 2 aromatic rings. The Morgan fingerprint density at radius 3 is 2.58 bits per heavy atom. The second-order valence-corrected chi connectivity index (χ2v) is 6.03. The van der Waals surface area contributed by atoms with Gasteiger partial charge in [-0.15, -0.1) is 0 Å². The Balaban J connectivity index is 1.51. The van der Waals surface area contributed by atoms with Gasteiger partial charge in [0, 0.05) is 31.7 Å². The minimum absolute atomic E-state index is 0.0638. The zero-order chi connectivity index (χ0) is 18.2. The number of nitrogens with zero attached hydrogens (tertiary/aromatic N) is 2. The number of amides is 1. The third-order valence-electron chi connectivity index (χ3n) is 4.22. The lowest BCUT2D eigenvalue weighted by Crippen LogP contribution is -2.36. The zero-order valence-electron chi connectivity index (χ0n) is 14.6. The van der Waals surface area contributed by atoms with Crippen LogP contribution in [0.1, 0.15) is 12.0 Å². The van der Waals surface area contributed by atoms with Gasteiger partial charge in [-0.05, 0) is 36.4 Å². The molecule has 2 N–H and O–H groups in total. The van der Waals surface area contributed by atoms with Crippen molar-refractivity contribution in [3.05, 3.63) is 54.1 Å². The van der Waals surface area contributed by atoms with E-state index in [9.17, 15) is 4.79 Å². The second-order valence-electron chi connectivity index (χ2n) is 6.03. The van der Waals surface area contributed by atoms with Crippen LogP contribution in [0.3, 0.4) is 0 Å². The number of morpholine rings is 1. The van der Waals surface area contributed by atoms with Crippen LogP contribution in [0.5, 0.6) is 0 Å². The van der Waals surface area contributed by atoms with Gasteiger partial charge in [0.2, 0.25) is 5.91 Å². The first-order chi connectivity index (χ1) is 12.8. The third kappa shape index (κ3) is 4.74. The van der Waals surface area contributed by atoms with Crippen molar-refractivity contribution >= 4 is 23.0 Å². The molecular weight excluding hydrogens is 328 g/mol. The van der Waals surface area contributed by atoms with Crippen molar-refractivity contribution in [1.82, 2.24) is 0 Å². The Bertz CT molecular complexity index is 777. The highest BCUT2D eigenvalue weighted by Crippen LogP contribution is 2.26. The van der Waals surface area contributed by atoms with Crippen LogP contribution in [0.15, 0.2) is 48.5 Å². The molecule has 6 heteroatoms. The van der Waals surface area contributed by atoms with Gasteiger partial charge in [-0.1, -0.05) is 12.1 Å². The van der Waals surface area contributed by atoms with Crippen LogP contribution in [-0.2, 0) is 9.53 Å². The normalized spacial score (nSPS) is 13.7. The Morgan fingerprint density at radius 1 is 1.12 bits per heavy atom. The molecule has 0 spiro atoms. The van der Waals surface area contributed by atoms with Crippen LogP contribution in [0.4, 0.5) is 17.1 Å². The summed E-state index contributed by atoms with van der Waals surface area (Å²) in [6.07, 6.45) is 0.359. The number of benzene rings is 2. The lowest BCUT2D eigenvalue weighted by Gasteiger charge is -2.30. The predicted molar refractivity (Wildman–Crippen MR) is 102 cm³/mol. The lowest BCUT2D eigenvalue weighted by atomic mass is 10.2. The van der Waals surface area contributed by atoms with Crippen molar-refractivity contribution in [2.45, 2.75) is 6.42 Å². The standard InChI is InChI=1S/C20H22N4O2/c21-15-16-5-7-17(8-6-16)23-20(25)9-10-22-18-3-1-2-4-19(18)24-11-13-26-14-12-24/h1-8,22H,9-14H2,(H,23,25). The summed E-state index contributed by atoms with van der Waals surface area (Å²) in [6.45, 7) is 3.77. The largest absolute Gasteiger partial charge is 0.383 e. The van der Waals surface area contributed by atoms with Crippen molar-refractivity contribution in [2.75, 3.05) is 48.4 Å². The molecule has 0 atom stereocenters. The summed E-state index contributed by atoms with van der Waals surface area (Å²) in [5.74, 6) is -0.0638. The van der Waals surface area contributed by atoms with Gasteiger partial charge in [0.15, 0.2) is 0 Å². The van der Waals surface area contributed by atoms with Crippen LogP contribution < -0.4 is 15.5 Å². The summed E-state index contributed by atoms with van der Waals surface area (Å²) in [7, 11) is 0. The number of ether oxygens (including phenoxy) is 1. The van der Waals surface area contributed by atoms with E-state index in [1.807, 2.05) is 18.2 Å². The number of anilines is 3. The maximum atomic E-state index is 12.1. The van der Waals surface area contributed by atoms with E-state index < -0.39 is 0 Å². The average molecular weight is 350 g/mol. The SMILES string of the molecule is N#Cc1ccc(NC(=O)CCNc2ccccc2N2CCOCC2)cc1. The van der Waals surface area contributed by atoms with Crippen molar-refractivity contribution in [3.63, 3.8) is 0 Å². The van der Waals surface area contributed by atoms with Crippen LogP contribution in [0, 0.1) is 11.3 Å². The lowest BCUT2D eigenvalue weighted by molar-refractivity contribution is -0.115. The first-order valence-corrected chi connectivity index (χ1v) is 8.72. The number of para-hydroxylation sites is 2. The molecule has 0 unspecified atom stereocenters. The quantitative estimate of drug-likeness (QED) is 0.838. The maximum Gasteiger partial charge on any atom is 0.226 e. The number of nitriles is 1. The van der Waals surface area contributed by atoms with Crippen LogP contribution >= 0.6 is 0 Å². The predicted octanol–water partition coefficient (Wildman–Crippen LogP) is 2.84. The topological polar surface area (TPSA) is 77.4 Å². The van der Waals surface area contributed by atoms with Gasteiger partial charge in [-0.25, -0.2) is 0 Å². The summed E-state index contributed by atoms with van der Waals surface area (Å²) in [5.41, 5.74) is 3.44. The molecule has 26 heavy (non-hydrogen) atoms. The maximum absolute atomic E-state index is 12.1. The van der Waals surface area contributed by atoms with E-state index in [2.05, 4.69) is 27.7 Å². The molecule has 6 nitrogen and oxygen atoms in total. The Kier molecular flexibility index (Phi) is 6.07. The van der Waals surface area contributed by atoms with E-state index in [4.69, 9.17) is 10.00 Å². The number of carbonyl (C=O) groups is 1. The van der Waals surface area contributed by atoms with Gasteiger partial charge in [0.25, 0.3) is 0 Å². The summed E-state index contributed by atoms with van der Waals surface area (Å²) in [4.78, 5) is 14.4. The fourth-order valence-electron chi connectivity index (χ4n) is 2.87. The Morgan fingerprint density at radius 2 is 1.85 bits per heavy atom. The molecule has 1 amide bonds. The van der Waals surface area contributed by atoms with Gasteiger partial charge >= 0.3 is 0 Å². The molecule has 0 radical (unpaired) electrons. The number of rotatable bonds is 6. The third-order valence-corrected chi connectivity index (χ3v) is 4.22. The summed E-state index contributed by atoms with van der Waals surface area (Å²) >= 11 is 0. The Hall–Kier alpha value is -3.04. The summed E-state index contributed by atoms with van der Waals surface area (Å²) in [6, 6.07) is 17.0. The molecule has 0 bridgehead atoms. The van der Waals surface area contributed by atoms with E-state index in [-0.39, 0.29) is 5.91 Å².